The summed E-state index contributed by atoms with van der Waals surface area (Å²) in [6, 6.07) is 9.78. The average molecular weight is 300 g/mol. The summed E-state index contributed by atoms with van der Waals surface area (Å²) in [7, 11) is 0. The lowest BCUT2D eigenvalue weighted by molar-refractivity contribution is 0.484. The molecule has 0 saturated carbocycles. The van der Waals surface area contributed by atoms with E-state index >= 15 is 0 Å². The molecule has 1 heterocycles. The van der Waals surface area contributed by atoms with E-state index < -0.39 is 0 Å². The molecule has 1 atom stereocenters. The number of nitrogen functional groups attached to an aromatic ring is 1. The molecule has 0 unspecified atom stereocenters. The van der Waals surface area contributed by atoms with Crippen LogP contribution in [0.3, 0.4) is 0 Å². The molecule has 0 amide bonds. The summed E-state index contributed by atoms with van der Waals surface area (Å²) < 4.78 is 0. The Morgan fingerprint density at radius 2 is 1.77 bits per heavy atom. The third-order valence-corrected chi connectivity index (χ3v) is 3.26. The van der Waals surface area contributed by atoms with Gasteiger partial charge in [-0.1, -0.05) is 32.0 Å². The van der Waals surface area contributed by atoms with Crippen LogP contribution in [0.1, 0.15) is 39.1 Å². The van der Waals surface area contributed by atoms with E-state index in [-0.39, 0.29) is 12.0 Å². The largest absolute Gasteiger partial charge is 0.368 e. The van der Waals surface area contributed by atoms with E-state index in [2.05, 4.69) is 39.4 Å². The molecule has 2 aromatic rings. The number of anilines is 3. The highest BCUT2D eigenvalue weighted by Gasteiger charge is 2.12. The van der Waals surface area contributed by atoms with Crippen LogP contribution in [0.4, 0.5) is 17.6 Å². The molecule has 0 aliphatic carbocycles. The van der Waals surface area contributed by atoms with Gasteiger partial charge in [-0.05, 0) is 37.9 Å². The number of aromatic nitrogens is 3. The fourth-order valence-electron chi connectivity index (χ4n) is 1.99. The van der Waals surface area contributed by atoms with E-state index in [1.807, 2.05) is 37.3 Å². The summed E-state index contributed by atoms with van der Waals surface area (Å²) in [4.78, 5) is 12.8. The van der Waals surface area contributed by atoms with E-state index in [0.29, 0.717) is 17.7 Å². The maximum absolute atomic E-state index is 5.80. The molecule has 22 heavy (non-hydrogen) atoms. The van der Waals surface area contributed by atoms with Crippen LogP contribution in [0.2, 0.25) is 0 Å². The number of para-hydroxylation sites is 1. The predicted octanol–water partition coefficient (Wildman–Crippen LogP) is 2.89. The van der Waals surface area contributed by atoms with Crippen molar-refractivity contribution in [3.63, 3.8) is 0 Å². The van der Waals surface area contributed by atoms with Gasteiger partial charge in [0.15, 0.2) is 5.82 Å². The van der Waals surface area contributed by atoms with Crippen molar-refractivity contribution in [2.75, 3.05) is 17.6 Å². The summed E-state index contributed by atoms with van der Waals surface area (Å²) in [6.45, 7) is 7.36. The smallest absolute Gasteiger partial charge is 0.232 e. The lowest BCUT2D eigenvalue weighted by Gasteiger charge is -2.15. The molecule has 2 rings (SSSR count). The van der Waals surface area contributed by atoms with Crippen molar-refractivity contribution >= 4 is 17.6 Å². The van der Waals surface area contributed by atoms with E-state index in [9.17, 15) is 0 Å². The molecule has 0 aliphatic rings. The summed E-state index contributed by atoms with van der Waals surface area (Å²) in [5.41, 5.74) is 6.71. The van der Waals surface area contributed by atoms with E-state index in [4.69, 9.17) is 5.73 Å². The quantitative estimate of drug-likeness (QED) is 0.728. The number of nitrogens with one attached hydrogen (secondary N) is 2. The number of nitrogens with two attached hydrogens (primary N) is 1. The molecular formula is C16H24N6. The Morgan fingerprint density at radius 1 is 1.05 bits per heavy atom. The number of benzene rings is 1. The highest BCUT2D eigenvalue weighted by Crippen LogP contribution is 2.15. The highest BCUT2D eigenvalue weighted by atomic mass is 15.2. The molecule has 6 nitrogen and oxygen atoms in total. The molecule has 1 aromatic heterocycles. The van der Waals surface area contributed by atoms with Gasteiger partial charge in [0, 0.05) is 5.69 Å². The van der Waals surface area contributed by atoms with Gasteiger partial charge < -0.3 is 16.4 Å². The number of hydrogen-bond acceptors (Lipinski definition) is 6. The van der Waals surface area contributed by atoms with Crippen LogP contribution in [0.5, 0.6) is 0 Å². The van der Waals surface area contributed by atoms with Crippen molar-refractivity contribution in [3.8, 4) is 0 Å². The van der Waals surface area contributed by atoms with Crippen LogP contribution >= 0.6 is 0 Å². The topological polar surface area (TPSA) is 88.8 Å². The van der Waals surface area contributed by atoms with Crippen molar-refractivity contribution < 1.29 is 0 Å². The molecule has 0 aliphatic heterocycles. The first-order valence-corrected chi connectivity index (χ1v) is 7.61. The van der Waals surface area contributed by atoms with Gasteiger partial charge in [-0.3, -0.25) is 0 Å². The number of nitrogens with zero attached hydrogens (tertiary/aromatic N) is 3. The van der Waals surface area contributed by atoms with Gasteiger partial charge in [-0.15, -0.1) is 0 Å². The highest BCUT2D eigenvalue weighted by molar-refractivity contribution is 5.53. The Morgan fingerprint density at radius 3 is 2.45 bits per heavy atom. The SMILES string of the molecule is CC(C)CCN[C@H](C)c1nc(N)nc(Nc2ccccc2)n1. The fraction of sp³-hybridized carbons (Fsp3) is 0.438. The normalized spacial score (nSPS) is 12.4. The first-order valence-electron chi connectivity index (χ1n) is 7.61. The van der Waals surface area contributed by atoms with Gasteiger partial charge in [0.25, 0.3) is 0 Å². The monoisotopic (exact) mass is 300 g/mol. The Kier molecular flexibility index (Phi) is 5.66. The summed E-state index contributed by atoms with van der Waals surface area (Å²) >= 11 is 0. The molecule has 4 N–H and O–H groups in total. The van der Waals surface area contributed by atoms with Gasteiger partial charge >= 0.3 is 0 Å². The van der Waals surface area contributed by atoms with Crippen LogP contribution < -0.4 is 16.4 Å². The molecule has 0 saturated heterocycles. The molecule has 0 radical (unpaired) electrons. The van der Waals surface area contributed by atoms with Gasteiger partial charge in [0.05, 0.1) is 6.04 Å². The average Bonchev–Trinajstić information content (AvgIpc) is 2.47. The maximum atomic E-state index is 5.80. The molecule has 6 heteroatoms. The second-order valence-electron chi connectivity index (χ2n) is 5.72. The number of rotatable bonds is 7. The van der Waals surface area contributed by atoms with E-state index in [1.165, 1.54) is 0 Å². The fourth-order valence-corrected chi connectivity index (χ4v) is 1.99. The first kappa shape index (κ1) is 16.2. The van der Waals surface area contributed by atoms with Crippen LogP contribution in [0, 0.1) is 5.92 Å². The Hall–Kier alpha value is -2.21. The Balaban J connectivity index is 2.06. The van der Waals surface area contributed by atoms with Gasteiger partial charge in [-0.25, -0.2) is 0 Å². The van der Waals surface area contributed by atoms with E-state index in [1.54, 1.807) is 0 Å². The second kappa shape index (κ2) is 7.70. The minimum atomic E-state index is 0.0281. The summed E-state index contributed by atoms with van der Waals surface area (Å²) in [5.74, 6) is 2.00. The zero-order chi connectivity index (χ0) is 15.9. The molecule has 0 fully saturated rings. The van der Waals surface area contributed by atoms with Crippen molar-refractivity contribution in [1.82, 2.24) is 20.3 Å². The molecule has 0 bridgehead atoms. The standard InChI is InChI=1S/C16H24N6/c1-11(2)9-10-18-12(3)14-20-15(17)22-16(21-14)19-13-7-5-4-6-8-13/h4-8,11-12,18H,9-10H2,1-3H3,(H3,17,19,20,21,22)/t12-/m1/s1. The minimum Gasteiger partial charge on any atom is -0.368 e. The summed E-state index contributed by atoms with van der Waals surface area (Å²) in [6.07, 6.45) is 1.11. The maximum Gasteiger partial charge on any atom is 0.232 e. The van der Waals surface area contributed by atoms with Crippen molar-refractivity contribution in [2.24, 2.45) is 5.92 Å². The lowest BCUT2D eigenvalue weighted by Crippen LogP contribution is -2.23. The summed E-state index contributed by atoms with van der Waals surface area (Å²) in [5, 5.41) is 6.56. The van der Waals surface area contributed by atoms with Crippen molar-refractivity contribution in [1.29, 1.82) is 0 Å². The molecular weight excluding hydrogens is 276 g/mol. The Labute approximate surface area is 131 Å². The van der Waals surface area contributed by atoms with Crippen molar-refractivity contribution in [3.05, 3.63) is 36.2 Å². The first-order chi connectivity index (χ1) is 10.5. The predicted molar refractivity (Wildman–Crippen MR) is 89.8 cm³/mol. The third-order valence-electron chi connectivity index (χ3n) is 3.26. The minimum absolute atomic E-state index is 0.0281. The lowest BCUT2D eigenvalue weighted by atomic mass is 10.1. The van der Waals surface area contributed by atoms with Gasteiger partial charge in [-0.2, -0.15) is 15.0 Å². The third kappa shape index (κ3) is 4.96. The molecule has 1 aromatic carbocycles. The zero-order valence-corrected chi connectivity index (χ0v) is 13.4. The molecule has 118 valence electrons. The van der Waals surface area contributed by atoms with Crippen LogP contribution in [0.25, 0.3) is 0 Å². The van der Waals surface area contributed by atoms with Crippen molar-refractivity contribution in [2.45, 2.75) is 33.2 Å². The van der Waals surface area contributed by atoms with Crippen LogP contribution in [-0.2, 0) is 0 Å². The number of hydrogen-bond donors (Lipinski definition) is 3. The van der Waals surface area contributed by atoms with Gasteiger partial charge in [0.2, 0.25) is 11.9 Å². The molecule has 0 spiro atoms. The zero-order valence-electron chi connectivity index (χ0n) is 13.4. The Bertz CT molecular complexity index is 584. The van der Waals surface area contributed by atoms with E-state index in [0.717, 1.165) is 18.7 Å². The van der Waals surface area contributed by atoms with Gasteiger partial charge in [0.1, 0.15) is 0 Å². The van der Waals surface area contributed by atoms with Crippen LogP contribution in [-0.4, -0.2) is 21.5 Å². The van der Waals surface area contributed by atoms with Crippen LogP contribution in [0.15, 0.2) is 30.3 Å². The second-order valence-corrected chi connectivity index (χ2v) is 5.72.